The number of aromatic nitrogens is 4. The Morgan fingerprint density at radius 3 is 2.64 bits per heavy atom. The van der Waals surface area contributed by atoms with Crippen LogP contribution >= 0.6 is 0 Å². The van der Waals surface area contributed by atoms with Gasteiger partial charge in [0.1, 0.15) is 5.82 Å². The van der Waals surface area contributed by atoms with E-state index in [1.165, 1.54) is 25.0 Å². The number of anilines is 1. The predicted octanol–water partition coefficient (Wildman–Crippen LogP) is 1.30. The van der Waals surface area contributed by atoms with E-state index in [1.807, 2.05) is 10.6 Å². The number of nitrogens with two attached hydrogens (primary N) is 1. The van der Waals surface area contributed by atoms with Gasteiger partial charge in [-0.2, -0.15) is 0 Å². The lowest BCUT2D eigenvalue weighted by Gasteiger charge is -2.07. The summed E-state index contributed by atoms with van der Waals surface area (Å²) >= 11 is 0. The topological polar surface area (TPSA) is 115 Å². The number of rotatable bonds is 6. The maximum absolute atomic E-state index is 11.3. The summed E-state index contributed by atoms with van der Waals surface area (Å²) in [7, 11) is -3.65. The first kappa shape index (κ1) is 16.0. The van der Waals surface area contributed by atoms with Crippen LogP contribution in [0, 0.1) is 0 Å². The molecule has 25 heavy (non-hydrogen) atoms. The first-order valence-electron chi connectivity index (χ1n) is 8.07. The molecule has 4 rings (SSSR count). The van der Waals surface area contributed by atoms with Crippen molar-refractivity contribution in [3.8, 4) is 0 Å². The fraction of sp³-hybridized carbons (Fsp3) is 0.312. The van der Waals surface area contributed by atoms with Gasteiger partial charge in [0.15, 0.2) is 5.82 Å². The summed E-state index contributed by atoms with van der Waals surface area (Å²) in [6.45, 7) is 0.646. The lowest BCUT2D eigenvalue weighted by Crippen LogP contribution is -2.12. The molecule has 8 nitrogen and oxygen atoms in total. The van der Waals surface area contributed by atoms with Crippen LogP contribution in [0.2, 0.25) is 0 Å². The molecule has 1 aromatic carbocycles. The maximum atomic E-state index is 11.3. The maximum Gasteiger partial charge on any atom is 0.238 e. The fourth-order valence-electron chi connectivity index (χ4n) is 2.76. The summed E-state index contributed by atoms with van der Waals surface area (Å²) in [6, 6.07) is 6.56. The summed E-state index contributed by atoms with van der Waals surface area (Å²) in [5, 5.41) is 16.9. The minimum atomic E-state index is -3.65. The van der Waals surface area contributed by atoms with Crippen molar-refractivity contribution in [1.82, 2.24) is 19.6 Å². The van der Waals surface area contributed by atoms with Gasteiger partial charge in [-0.05, 0) is 37.0 Å². The molecule has 0 spiro atoms. The highest BCUT2D eigenvalue weighted by Crippen LogP contribution is 2.39. The minimum Gasteiger partial charge on any atom is -0.367 e. The zero-order chi connectivity index (χ0) is 17.4. The van der Waals surface area contributed by atoms with Crippen LogP contribution in [0.5, 0.6) is 0 Å². The average molecular weight is 358 g/mol. The molecule has 0 radical (unpaired) electrons. The third-order valence-electron chi connectivity index (χ3n) is 4.25. The van der Waals surface area contributed by atoms with Gasteiger partial charge in [0, 0.05) is 24.9 Å². The van der Waals surface area contributed by atoms with Crippen LogP contribution in [0.4, 0.5) is 5.82 Å². The van der Waals surface area contributed by atoms with Crippen molar-refractivity contribution in [2.45, 2.75) is 30.1 Å². The minimum absolute atomic E-state index is 0.117. The van der Waals surface area contributed by atoms with Crippen molar-refractivity contribution in [1.29, 1.82) is 0 Å². The molecule has 0 saturated heterocycles. The van der Waals surface area contributed by atoms with Gasteiger partial charge in [0.2, 0.25) is 15.7 Å². The quantitative estimate of drug-likeness (QED) is 0.686. The molecule has 130 valence electrons. The number of hydrogen-bond donors (Lipinski definition) is 2. The second-order valence-electron chi connectivity index (χ2n) is 6.17. The molecule has 1 saturated carbocycles. The van der Waals surface area contributed by atoms with E-state index in [0.29, 0.717) is 18.3 Å². The van der Waals surface area contributed by atoms with E-state index in [4.69, 9.17) is 5.14 Å². The van der Waals surface area contributed by atoms with Gasteiger partial charge in [0.05, 0.1) is 4.90 Å². The van der Waals surface area contributed by atoms with Crippen LogP contribution in [0.1, 0.15) is 30.1 Å². The first-order valence-corrected chi connectivity index (χ1v) is 9.62. The summed E-state index contributed by atoms with van der Waals surface area (Å²) in [6.07, 6.45) is 6.68. The van der Waals surface area contributed by atoms with Crippen LogP contribution in [0.25, 0.3) is 5.65 Å². The molecular formula is C16H18N6O2S. The van der Waals surface area contributed by atoms with Crippen molar-refractivity contribution in [3.63, 3.8) is 0 Å². The molecule has 3 aromatic rings. The highest BCUT2D eigenvalue weighted by atomic mass is 32.2. The second kappa shape index (κ2) is 6.08. The lowest BCUT2D eigenvalue weighted by atomic mass is 10.1. The summed E-state index contributed by atoms with van der Waals surface area (Å²) < 4.78 is 24.5. The normalized spacial score (nSPS) is 14.8. The first-order chi connectivity index (χ1) is 12.0. The third kappa shape index (κ3) is 3.33. The van der Waals surface area contributed by atoms with Crippen LogP contribution < -0.4 is 10.5 Å². The van der Waals surface area contributed by atoms with Crippen LogP contribution in [0.3, 0.4) is 0 Å². The van der Waals surface area contributed by atoms with Crippen molar-refractivity contribution >= 4 is 21.5 Å². The molecule has 2 aromatic heterocycles. The highest BCUT2D eigenvalue weighted by molar-refractivity contribution is 7.89. The molecule has 9 heteroatoms. The van der Waals surface area contributed by atoms with E-state index in [0.717, 1.165) is 23.5 Å². The van der Waals surface area contributed by atoms with E-state index in [1.54, 1.807) is 18.3 Å². The molecule has 1 aliphatic rings. The molecule has 1 fully saturated rings. The number of nitrogens with zero attached hydrogens (tertiary/aromatic N) is 4. The van der Waals surface area contributed by atoms with Crippen LogP contribution in [-0.4, -0.2) is 34.5 Å². The van der Waals surface area contributed by atoms with Crippen LogP contribution in [-0.2, 0) is 16.4 Å². The molecule has 0 amide bonds. The Morgan fingerprint density at radius 2 is 1.96 bits per heavy atom. The Hall–Kier alpha value is -2.52. The molecule has 2 heterocycles. The average Bonchev–Trinajstić information content (AvgIpc) is 3.34. The van der Waals surface area contributed by atoms with Crippen molar-refractivity contribution in [2.24, 2.45) is 5.14 Å². The standard InChI is InChI=1S/C16H18N6O2S/c17-25(23,24)13-5-1-11(2-6-13)7-8-18-14-16-21-20-15(12-3-4-12)22(16)10-9-19-14/h1-2,5-6,9-10,12H,3-4,7-8H2,(H,18,19)(H2,17,23,24). The molecule has 3 N–H and O–H groups in total. The highest BCUT2D eigenvalue weighted by Gasteiger charge is 2.29. The van der Waals surface area contributed by atoms with Crippen molar-refractivity contribution in [3.05, 3.63) is 48.0 Å². The van der Waals surface area contributed by atoms with E-state index < -0.39 is 10.0 Å². The van der Waals surface area contributed by atoms with Gasteiger partial charge >= 0.3 is 0 Å². The summed E-state index contributed by atoms with van der Waals surface area (Å²) in [5.41, 5.74) is 1.74. The molecule has 0 aliphatic heterocycles. The van der Waals surface area contributed by atoms with Crippen LogP contribution in [0.15, 0.2) is 41.6 Å². The Labute approximate surface area is 145 Å². The molecule has 1 aliphatic carbocycles. The SMILES string of the molecule is NS(=O)(=O)c1ccc(CCNc2nccn3c(C4CC4)nnc23)cc1. The number of benzene rings is 1. The number of primary sulfonamides is 1. The van der Waals surface area contributed by atoms with Crippen molar-refractivity contribution in [2.75, 3.05) is 11.9 Å². The van der Waals surface area contributed by atoms with Gasteiger partial charge in [-0.3, -0.25) is 4.40 Å². The van der Waals surface area contributed by atoms with E-state index in [-0.39, 0.29) is 4.90 Å². The van der Waals surface area contributed by atoms with Gasteiger partial charge in [-0.15, -0.1) is 10.2 Å². The van der Waals surface area contributed by atoms with Crippen molar-refractivity contribution < 1.29 is 8.42 Å². The Kier molecular flexibility index (Phi) is 3.89. The molecular weight excluding hydrogens is 340 g/mol. The summed E-state index contributed by atoms with van der Waals surface area (Å²) in [4.78, 5) is 4.46. The molecule has 0 atom stereocenters. The smallest absolute Gasteiger partial charge is 0.238 e. The lowest BCUT2D eigenvalue weighted by molar-refractivity contribution is 0.598. The summed E-state index contributed by atoms with van der Waals surface area (Å²) in [5.74, 6) is 2.21. The monoisotopic (exact) mass is 358 g/mol. The van der Waals surface area contributed by atoms with Gasteiger partial charge in [0.25, 0.3) is 0 Å². The number of fused-ring (bicyclic) bond motifs is 1. The predicted molar refractivity (Wildman–Crippen MR) is 92.8 cm³/mol. The number of sulfonamides is 1. The van der Waals surface area contributed by atoms with Gasteiger partial charge in [-0.1, -0.05) is 12.1 Å². The Balaban J connectivity index is 1.44. The van der Waals surface area contributed by atoms with E-state index >= 15 is 0 Å². The number of hydrogen-bond acceptors (Lipinski definition) is 6. The molecule has 0 bridgehead atoms. The fourth-order valence-corrected chi connectivity index (χ4v) is 3.28. The van der Waals surface area contributed by atoms with E-state index in [2.05, 4.69) is 20.5 Å². The molecule has 0 unspecified atom stereocenters. The largest absolute Gasteiger partial charge is 0.367 e. The second-order valence-corrected chi connectivity index (χ2v) is 7.73. The van der Waals surface area contributed by atoms with E-state index in [9.17, 15) is 8.42 Å². The Bertz CT molecular complexity index is 1010. The third-order valence-corrected chi connectivity index (χ3v) is 5.18. The number of nitrogens with one attached hydrogen (secondary N) is 1. The van der Waals surface area contributed by atoms with Gasteiger partial charge < -0.3 is 5.32 Å². The van der Waals surface area contributed by atoms with Gasteiger partial charge in [-0.25, -0.2) is 18.5 Å². The zero-order valence-corrected chi connectivity index (χ0v) is 14.3. The zero-order valence-electron chi connectivity index (χ0n) is 13.5. The Morgan fingerprint density at radius 1 is 1.20 bits per heavy atom.